The van der Waals surface area contributed by atoms with E-state index in [4.69, 9.17) is 0 Å². The molecule has 2 N–H and O–H groups in total. The van der Waals surface area contributed by atoms with Crippen LogP contribution in [0.1, 0.15) is 25.7 Å². The van der Waals surface area contributed by atoms with Crippen LogP contribution in [0.5, 0.6) is 0 Å². The highest BCUT2D eigenvalue weighted by Crippen LogP contribution is 2.29. The van der Waals surface area contributed by atoms with E-state index in [1.165, 1.54) is 0 Å². The number of hydrogen-bond acceptors (Lipinski definition) is 4. The van der Waals surface area contributed by atoms with Gasteiger partial charge in [-0.3, -0.25) is 15.0 Å². The van der Waals surface area contributed by atoms with Crippen LogP contribution in [0.2, 0.25) is 0 Å². The smallest absolute Gasteiger partial charge is 0.247 e. The van der Waals surface area contributed by atoms with E-state index < -0.39 is 0 Å². The summed E-state index contributed by atoms with van der Waals surface area (Å²) in [4.78, 5) is 25.7. The van der Waals surface area contributed by atoms with Gasteiger partial charge in [0, 0.05) is 31.5 Å². The summed E-state index contributed by atoms with van der Waals surface area (Å²) in [6, 6.07) is -0.143. The summed E-state index contributed by atoms with van der Waals surface area (Å²) < 4.78 is 0.781. The van der Waals surface area contributed by atoms with Gasteiger partial charge in [0.25, 0.3) is 0 Å². The minimum absolute atomic E-state index is 0.0707. The van der Waals surface area contributed by atoms with Gasteiger partial charge >= 0.3 is 0 Å². The molecule has 2 atom stereocenters. The Morgan fingerprint density at radius 2 is 2.16 bits per heavy atom. The molecular weight excluding hydrogens is 312 g/mol. The largest absolute Gasteiger partial charge is 0.351 e. The highest BCUT2D eigenvalue weighted by molar-refractivity contribution is 9.18. The molecule has 0 aromatic carbocycles. The van der Waals surface area contributed by atoms with E-state index in [1.54, 1.807) is 0 Å². The van der Waals surface area contributed by atoms with Crippen molar-refractivity contribution >= 4 is 32.4 Å². The molecule has 0 radical (unpaired) electrons. The van der Waals surface area contributed by atoms with Crippen LogP contribution in [0.4, 0.5) is 0 Å². The summed E-state index contributed by atoms with van der Waals surface area (Å²) in [5.41, 5.74) is 2.83. The maximum Gasteiger partial charge on any atom is 0.247 e. The first-order valence-corrected chi connectivity index (χ1v) is 7.49. The molecule has 1 aliphatic carbocycles. The SMILES string of the molecule is O=C(NC1CCN(C(=O)C2CC(Br)=NN2)C1)C1CC1. The van der Waals surface area contributed by atoms with Gasteiger partial charge < -0.3 is 10.2 Å². The third-order valence-electron chi connectivity index (χ3n) is 3.81. The number of halogens is 1. The topological polar surface area (TPSA) is 73.8 Å². The zero-order chi connectivity index (χ0) is 13.4. The summed E-state index contributed by atoms with van der Waals surface area (Å²) in [5.74, 6) is 0.455. The molecule has 19 heavy (non-hydrogen) atoms. The second-order valence-electron chi connectivity index (χ2n) is 5.43. The number of likely N-dealkylation sites (tertiary alicyclic amines) is 1. The number of hydrogen-bond donors (Lipinski definition) is 2. The molecule has 3 aliphatic rings. The van der Waals surface area contributed by atoms with Gasteiger partial charge in [0.1, 0.15) is 10.7 Å². The molecule has 6 nitrogen and oxygen atoms in total. The quantitative estimate of drug-likeness (QED) is 0.776. The van der Waals surface area contributed by atoms with Crippen molar-refractivity contribution in [3.63, 3.8) is 0 Å². The number of rotatable bonds is 3. The first kappa shape index (κ1) is 12.9. The molecule has 7 heteroatoms. The highest BCUT2D eigenvalue weighted by Gasteiger charge is 2.36. The fraction of sp³-hybridized carbons (Fsp3) is 0.750. The summed E-state index contributed by atoms with van der Waals surface area (Å²) in [5, 5.41) is 7.01. The van der Waals surface area contributed by atoms with Crippen molar-refractivity contribution < 1.29 is 9.59 Å². The molecule has 0 aromatic rings. The fourth-order valence-electron chi connectivity index (χ4n) is 2.51. The van der Waals surface area contributed by atoms with Crippen molar-refractivity contribution in [1.29, 1.82) is 0 Å². The van der Waals surface area contributed by atoms with Gasteiger partial charge in [-0.05, 0) is 35.2 Å². The molecule has 2 unspecified atom stereocenters. The maximum absolute atomic E-state index is 12.2. The Labute approximate surface area is 120 Å². The van der Waals surface area contributed by atoms with Crippen molar-refractivity contribution in [2.24, 2.45) is 11.0 Å². The minimum atomic E-state index is -0.257. The van der Waals surface area contributed by atoms with E-state index in [-0.39, 0.29) is 29.8 Å². The molecule has 104 valence electrons. The normalized spacial score (nSPS) is 29.9. The molecule has 3 rings (SSSR count). The highest BCUT2D eigenvalue weighted by atomic mass is 79.9. The van der Waals surface area contributed by atoms with Crippen LogP contribution in [-0.4, -0.2) is 46.5 Å². The molecule has 0 aromatic heterocycles. The number of nitrogens with one attached hydrogen (secondary N) is 2. The lowest BCUT2D eigenvalue weighted by Gasteiger charge is -2.20. The Morgan fingerprint density at radius 1 is 1.37 bits per heavy atom. The van der Waals surface area contributed by atoms with E-state index in [1.807, 2.05) is 4.90 Å². The van der Waals surface area contributed by atoms with Crippen molar-refractivity contribution in [2.75, 3.05) is 13.1 Å². The van der Waals surface area contributed by atoms with Crippen molar-refractivity contribution in [1.82, 2.24) is 15.6 Å². The van der Waals surface area contributed by atoms with Gasteiger partial charge in [0.15, 0.2) is 0 Å². The fourth-order valence-corrected chi connectivity index (χ4v) is 2.94. The molecule has 0 spiro atoms. The van der Waals surface area contributed by atoms with Crippen LogP contribution in [0.25, 0.3) is 0 Å². The van der Waals surface area contributed by atoms with E-state index in [0.717, 1.165) is 23.9 Å². The molecule has 0 bridgehead atoms. The van der Waals surface area contributed by atoms with Gasteiger partial charge in [-0.2, -0.15) is 5.10 Å². The summed E-state index contributed by atoms with van der Waals surface area (Å²) in [6.07, 6.45) is 3.48. The minimum Gasteiger partial charge on any atom is -0.351 e. The van der Waals surface area contributed by atoms with Crippen LogP contribution in [-0.2, 0) is 9.59 Å². The number of carbonyl (C=O) groups is 2. The van der Waals surface area contributed by atoms with Gasteiger partial charge in [0.2, 0.25) is 11.8 Å². The average molecular weight is 329 g/mol. The summed E-state index contributed by atoms with van der Waals surface area (Å²) in [6.45, 7) is 1.33. The number of hydrazone groups is 1. The van der Waals surface area contributed by atoms with Crippen LogP contribution < -0.4 is 10.7 Å². The molecule has 1 saturated carbocycles. The van der Waals surface area contributed by atoms with Crippen molar-refractivity contribution in [2.45, 2.75) is 37.8 Å². The molecular formula is C12H17BrN4O2. The lowest BCUT2D eigenvalue weighted by atomic mass is 10.2. The van der Waals surface area contributed by atoms with Crippen LogP contribution in [0.3, 0.4) is 0 Å². The third kappa shape index (κ3) is 2.91. The number of amides is 2. The molecule has 2 heterocycles. The molecule has 2 amide bonds. The summed E-state index contributed by atoms with van der Waals surface area (Å²) >= 11 is 3.28. The lowest BCUT2D eigenvalue weighted by molar-refractivity contribution is -0.132. The van der Waals surface area contributed by atoms with Crippen molar-refractivity contribution in [3.05, 3.63) is 0 Å². The van der Waals surface area contributed by atoms with Gasteiger partial charge in [-0.15, -0.1) is 0 Å². The summed E-state index contributed by atoms with van der Waals surface area (Å²) in [7, 11) is 0. The Kier molecular flexibility index (Phi) is 3.47. The number of nitrogens with zero attached hydrogens (tertiary/aromatic N) is 2. The first-order valence-electron chi connectivity index (χ1n) is 6.70. The van der Waals surface area contributed by atoms with Crippen LogP contribution >= 0.6 is 15.9 Å². The predicted molar refractivity (Wildman–Crippen MR) is 73.8 cm³/mol. The van der Waals surface area contributed by atoms with Gasteiger partial charge in [0.05, 0.1) is 0 Å². The predicted octanol–water partition coefficient (Wildman–Crippen LogP) is 0.184. The third-order valence-corrected chi connectivity index (χ3v) is 4.31. The molecule has 2 aliphatic heterocycles. The van der Waals surface area contributed by atoms with Crippen LogP contribution in [0.15, 0.2) is 5.10 Å². The maximum atomic E-state index is 12.2. The van der Waals surface area contributed by atoms with E-state index in [9.17, 15) is 9.59 Å². The molecule has 2 fully saturated rings. The standard InChI is InChI=1S/C12H17BrN4O2/c13-10-5-9(15-16-10)12(19)17-4-3-8(6-17)14-11(18)7-1-2-7/h7-9,15H,1-6H2,(H,14,18). The Hall–Kier alpha value is -1.11. The molecule has 1 saturated heterocycles. The second-order valence-corrected chi connectivity index (χ2v) is 6.34. The Bertz CT molecular complexity index is 435. The Morgan fingerprint density at radius 3 is 2.79 bits per heavy atom. The number of carbonyl (C=O) groups excluding carboxylic acids is 2. The van der Waals surface area contributed by atoms with E-state index in [2.05, 4.69) is 31.8 Å². The van der Waals surface area contributed by atoms with Gasteiger partial charge in [-0.1, -0.05) is 0 Å². The van der Waals surface area contributed by atoms with E-state index in [0.29, 0.717) is 19.5 Å². The lowest BCUT2D eigenvalue weighted by Crippen LogP contribution is -2.44. The van der Waals surface area contributed by atoms with Crippen LogP contribution in [0, 0.1) is 5.92 Å². The zero-order valence-corrected chi connectivity index (χ0v) is 12.1. The Balaban J connectivity index is 1.48. The van der Waals surface area contributed by atoms with E-state index >= 15 is 0 Å². The zero-order valence-electron chi connectivity index (χ0n) is 10.6. The first-order chi connectivity index (χ1) is 9.13. The second kappa shape index (κ2) is 5.11. The van der Waals surface area contributed by atoms with Crippen molar-refractivity contribution in [3.8, 4) is 0 Å². The average Bonchev–Trinajstić information content (AvgIpc) is 3.00. The monoisotopic (exact) mass is 328 g/mol. The van der Waals surface area contributed by atoms with Gasteiger partial charge in [-0.25, -0.2) is 0 Å².